The maximum absolute atomic E-state index is 12.0. The van der Waals surface area contributed by atoms with Gasteiger partial charge in [0.15, 0.2) is 0 Å². The SMILES string of the molecule is CCc1ccc(N(C)C(=O)NCC(C)(C)C(=O)O)cc1. The van der Waals surface area contributed by atoms with Gasteiger partial charge in [-0.25, -0.2) is 4.79 Å². The molecule has 0 aliphatic heterocycles. The predicted molar refractivity (Wildman–Crippen MR) is 79.0 cm³/mol. The van der Waals surface area contributed by atoms with Crippen molar-refractivity contribution >= 4 is 17.7 Å². The van der Waals surface area contributed by atoms with E-state index in [1.165, 1.54) is 10.5 Å². The van der Waals surface area contributed by atoms with Crippen LogP contribution in [0.1, 0.15) is 26.3 Å². The van der Waals surface area contributed by atoms with E-state index in [-0.39, 0.29) is 12.6 Å². The van der Waals surface area contributed by atoms with Gasteiger partial charge in [-0.2, -0.15) is 0 Å². The van der Waals surface area contributed by atoms with Gasteiger partial charge in [0, 0.05) is 19.3 Å². The highest BCUT2D eigenvalue weighted by molar-refractivity contribution is 5.91. The van der Waals surface area contributed by atoms with E-state index in [1.807, 2.05) is 24.3 Å². The van der Waals surface area contributed by atoms with Gasteiger partial charge in [-0.1, -0.05) is 19.1 Å². The average Bonchev–Trinajstić information content (AvgIpc) is 2.44. The molecular weight excluding hydrogens is 256 g/mol. The van der Waals surface area contributed by atoms with Crippen LogP contribution in [-0.2, 0) is 11.2 Å². The number of carbonyl (C=O) groups is 2. The predicted octanol–water partition coefficient (Wildman–Crippen LogP) is 2.51. The molecule has 0 aliphatic rings. The van der Waals surface area contributed by atoms with Crippen LogP contribution in [0.3, 0.4) is 0 Å². The molecule has 0 heterocycles. The zero-order valence-corrected chi connectivity index (χ0v) is 12.4. The molecule has 0 bridgehead atoms. The standard InChI is InChI=1S/C15H22N2O3/c1-5-11-6-8-12(9-7-11)17(4)14(20)16-10-15(2,3)13(18)19/h6-9H,5,10H2,1-4H3,(H,16,20)(H,18,19). The Morgan fingerprint density at radius 3 is 2.25 bits per heavy atom. The fourth-order valence-corrected chi connectivity index (χ4v) is 1.56. The maximum Gasteiger partial charge on any atom is 0.321 e. The summed E-state index contributed by atoms with van der Waals surface area (Å²) in [5, 5.41) is 11.6. The average molecular weight is 278 g/mol. The number of rotatable bonds is 5. The fraction of sp³-hybridized carbons (Fsp3) is 0.467. The lowest BCUT2D eigenvalue weighted by Gasteiger charge is -2.23. The van der Waals surface area contributed by atoms with Crippen LogP contribution in [0.15, 0.2) is 24.3 Å². The van der Waals surface area contributed by atoms with Crippen LogP contribution in [0.2, 0.25) is 0 Å². The van der Waals surface area contributed by atoms with Crippen LogP contribution in [0.5, 0.6) is 0 Å². The Balaban J connectivity index is 2.65. The Labute approximate surface area is 119 Å². The Morgan fingerprint density at radius 2 is 1.80 bits per heavy atom. The molecule has 110 valence electrons. The van der Waals surface area contributed by atoms with E-state index in [0.717, 1.165) is 12.1 Å². The summed E-state index contributed by atoms with van der Waals surface area (Å²) in [6.45, 7) is 5.30. The monoisotopic (exact) mass is 278 g/mol. The molecule has 0 saturated carbocycles. The lowest BCUT2D eigenvalue weighted by molar-refractivity contribution is -0.146. The largest absolute Gasteiger partial charge is 0.481 e. The number of benzene rings is 1. The first-order valence-electron chi connectivity index (χ1n) is 6.62. The third-order valence-electron chi connectivity index (χ3n) is 3.30. The van der Waals surface area contributed by atoms with Crippen molar-refractivity contribution < 1.29 is 14.7 Å². The summed E-state index contributed by atoms with van der Waals surface area (Å²) in [6.07, 6.45) is 0.947. The molecule has 0 unspecified atom stereocenters. The van der Waals surface area contributed by atoms with Gasteiger partial charge >= 0.3 is 12.0 Å². The van der Waals surface area contributed by atoms with Gasteiger partial charge in [-0.15, -0.1) is 0 Å². The molecule has 1 aromatic rings. The number of nitrogens with zero attached hydrogens (tertiary/aromatic N) is 1. The van der Waals surface area contributed by atoms with Gasteiger partial charge in [0.2, 0.25) is 0 Å². The second kappa shape index (κ2) is 6.41. The smallest absolute Gasteiger partial charge is 0.321 e. The van der Waals surface area contributed by atoms with Gasteiger partial charge in [-0.3, -0.25) is 9.69 Å². The Hall–Kier alpha value is -2.04. The van der Waals surface area contributed by atoms with Crippen LogP contribution in [0.4, 0.5) is 10.5 Å². The molecule has 0 atom stereocenters. The first-order chi connectivity index (χ1) is 9.27. The minimum Gasteiger partial charge on any atom is -0.481 e. The zero-order chi connectivity index (χ0) is 15.3. The zero-order valence-electron chi connectivity index (χ0n) is 12.4. The van der Waals surface area contributed by atoms with E-state index in [4.69, 9.17) is 5.11 Å². The molecule has 1 rings (SSSR count). The molecule has 2 amide bonds. The van der Waals surface area contributed by atoms with Gasteiger partial charge in [0.25, 0.3) is 0 Å². The normalized spacial score (nSPS) is 11.0. The molecule has 5 heteroatoms. The maximum atomic E-state index is 12.0. The molecule has 0 aromatic heterocycles. The van der Waals surface area contributed by atoms with Crippen molar-refractivity contribution in [2.75, 3.05) is 18.5 Å². The van der Waals surface area contributed by atoms with Gasteiger partial charge in [-0.05, 0) is 38.0 Å². The highest BCUT2D eigenvalue weighted by Gasteiger charge is 2.28. The van der Waals surface area contributed by atoms with Crippen LogP contribution in [0, 0.1) is 5.41 Å². The first-order valence-corrected chi connectivity index (χ1v) is 6.62. The van der Waals surface area contributed by atoms with Crippen molar-refractivity contribution in [2.45, 2.75) is 27.2 Å². The molecule has 0 saturated heterocycles. The summed E-state index contributed by atoms with van der Waals surface area (Å²) in [6, 6.07) is 7.38. The number of amides is 2. The molecule has 1 aromatic carbocycles. The van der Waals surface area contributed by atoms with Gasteiger partial charge in [0.1, 0.15) is 0 Å². The highest BCUT2D eigenvalue weighted by Crippen LogP contribution is 2.16. The molecule has 0 fully saturated rings. The van der Waals surface area contributed by atoms with E-state index in [2.05, 4.69) is 12.2 Å². The number of nitrogens with one attached hydrogen (secondary N) is 1. The number of carboxylic acids is 1. The van der Waals surface area contributed by atoms with Crippen molar-refractivity contribution in [3.05, 3.63) is 29.8 Å². The summed E-state index contributed by atoms with van der Waals surface area (Å²) in [4.78, 5) is 24.4. The number of carbonyl (C=O) groups excluding carboxylic acids is 1. The topological polar surface area (TPSA) is 69.6 Å². The van der Waals surface area contributed by atoms with Gasteiger partial charge < -0.3 is 10.4 Å². The van der Waals surface area contributed by atoms with Crippen LogP contribution < -0.4 is 10.2 Å². The first kappa shape index (κ1) is 16.0. The van der Waals surface area contributed by atoms with E-state index in [9.17, 15) is 9.59 Å². The third-order valence-corrected chi connectivity index (χ3v) is 3.30. The second-order valence-corrected chi connectivity index (χ2v) is 5.43. The van der Waals surface area contributed by atoms with E-state index >= 15 is 0 Å². The second-order valence-electron chi connectivity index (χ2n) is 5.43. The summed E-state index contributed by atoms with van der Waals surface area (Å²) >= 11 is 0. The van der Waals surface area contributed by atoms with E-state index in [0.29, 0.717) is 0 Å². The van der Waals surface area contributed by atoms with Crippen LogP contribution in [0.25, 0.3) is 0 Å². The Bertz CT molecular complexity index is 480. The molecule has 0 aliphatic carbocycles. The van der Waals surface area contributed by atoms with Crippen molar-refractivity contribution in [1.82, 2.24) is 5.32 Å². The number of anilines is 1. The van der Waals surface area contributed by atoms with E-state index in [1.54, 1.807) is 20.9 Å². The van der Waals surface area contributed by atoms with Crippen LogP contribution >= 0.6 is 0 Å². The van der Waals surface area contributed by atoms with Crippen molar-refractivity contribution in [1.29, 1.82) is 0 Å². The molecule has 2 N–H and O–H groups in total. The fourth-order valence-electron chi connectivity index (χ4n) is 1.56. The number of hydrogen-bond donors (Lipinski definition) is 2. The van der Waals surface area contributed by atoms with Crippen molar-refractivity contribution in [3.63, 3.8) is 0 Å². The summed E-state index contributed by atoms with van der Waals surface area (Å²) in [5.74, 6) is -0.937. The summed E-state index contributed by atoms with van der Waals surface area (Å²) < 4.78 is 0. The molecular formula is C15H22N2O3. The lowest BCUT2D eigenvalue weighted by atomic mass is 9.94. The van der Waals surface area contributed by atoms with Gasteiger partial charge in [0.05, 0.1) is 5.41 Å². The summed E-state index contributed by atoms with van der Waals surface area (Å²) in [7, 11) is 1.66. The number of aliphatic carboxylic acids is 1. The lowest BCUT2D eigenvalue weighted by Crippen LogP contribution is -2.44. The highest BCUT2D eigenvalue weighted by atomic mass is 16.4. The van der Waals surface area contributed by atoms with Crippen LogP contribution in [-0.4, -0.2) is 30.7 Å². The van der Waals surface area contributed by atoms with Crippen molar-refractivity contribution in [3.8, 4) is 0 Å². The quantitative estimate of drug-likeness (QED) is 0.869. The number of urea groups is 1. The number of aryl methyl sites for hydroxylation is 1. The van der Waals surface area contributed by atoms with Crippen molar-refractivity contribution in [2.24, 2.45) is 5.41 Å². The van der Waals surface area contributed by atoms with E-state index < -0.39 is 11.4 Å². The molecule has 20 heavy (non-hydrogen) atoms. The Morgan fingerprint density at radius 1 is 1.25 bits per heavy atom. The minimum absolute atomic E-state index is 0.0819. The summed E-state index contributed by atoms with van der Waals surface area (Å²) in [5.41, 5.74) is 0.991. The molecule has 0 radical (unpaired) electrons. The minimum atomic E-state index is -0.984. The molecule has 5 nitrogen and oxygen atoms in total. The molecule has 0 spiro atoms. The Kier molecular flexibility index (Phi) is 5.13. The number of hydrogen-bond acceptors (Lipinski definition) is 2. The third kappa shape index (κ3) is 3.98. The number of carboxylic acid groups (broad SMARTS) is 1.